The molecule has 2 fully saturated rings. The minimum absolute atomic E-state index is 0.247. The van der Waals surface area contributed by atoms with Gasteiger partial charge in [-0.3, -0.25) is 4.98 Å². The van der Waals surface area contributed by atoms with Gasteiger partial charge in [0, 0.05) is 35.6 Å². The molecular weight excluding hydrogens is 374 g/mol. The van der Waals surface area contributed by atoms with Gasteiger partial charge in [-0.15, -0.1) is 0 Å². The number of aromatic nitrogens is 2. The molecule has 30 heavy (non-hydrogen) atoms. The number of piperidine rings is 1. The van der Waals surface area contributed by atoms with Gasteiger partial charge in [0.25, 0.3) is 0 Å². The molecule has 1 aromatic carbocycles. The van der Waals surface area contributed by atoms with E-state index >= 15 is 0 Å². The molecule has 1 unspecified atom stereocenters. The summed E-state index contributed by atoms with van der Waals surface area (Å²) >= 11 is 0. The Morgan fingerprint density at radius 3 is 2.60 bits per heavy atom. The summed E-state index contributed by atoms with van der Waals surface area (Å²) in [7, 11) is 0. The lowest BCUT2D eigenvalue weighted by atomic mass is 9.94. The maximum absolute atomic E-state index is 6.24. The summed E-state index contributed by atoms with van der Waals surface area (Å²) in [5.41, 5.74) is 6.77. The van der Waals surface area contributed by atoms with E-state index in [2.05, 4.69) is 40.6 Å². The van der Waals surface area contributed by atoms with E-state index in [4.69, 9.17) is 14.5 Å². The number of fused-ring (bicyclic) bond motifs is 5. The monoisotopic (exact) mass is 399 g/mol. The molecule has 0 saturated carbocycles. The zero-order valence-corrected chi connectivity index (χ0v) is 17.1. The number of hydrogen-bond donors (Lipinski definition) is 1. The largest absolute Gasteiger partial charge is 0.474 e. The molecule has 6 rings (SSSR count). The van der Waals surface area contributed by atoms with E-state index in [1.54, 1.807) is 0 Å². The molecule has 0 spiro atoms. The molecule has 3 aliphatic heterocycles. The van der Waals surface area contributed by atoms with Crippen LogP contribution >= 0.6 is 0 Å². The van der Waals surface area contributed by atoms with Crippen molar-refractivity contribution in [2.75, 3.05) is 0 Å². The Morgan fingerprint density at radius 1 is 0.967 bits per heavy atom. The Hall–Kier alpha value is -2.92. The van der Waals surface area contributed by atoms with Gasteiger partial charge in [-0.2, -0.15) is 4.98 Å². The van der Waals surface area contributed by atoms with Crippen molar-refractivity contribution < 1.29 is 9.47 Å². The zero-order chi connectivity index (χ0) is 20.1. The van der Waals surface area contributed by atoms with E-state index in [9.17, 15) is 0 Å². The van der Waals surface area contributed by atoms with Crippen molar-refractivity contribution in [2.45, 2.75) is 57.4 Å². The van der Waals surface area contributed by atoms with Crippen molar-refractivity contribution in [1.82, 2.24) is 15.3 Å². The van der Waals surface area contributed by atoms with Crippen LogP contribution in [0.15, 0.2) is 48.7 Å². The van der Waals surface area contributed by atoms with Crippen LogP contribution in [0.3, 0.4) is 0 Å². The molecule has 5 nitrogen and oxygen atoms in total. The number of nitrogens with zero attached hydrogens (tertiary/aromatic N) is 2. The third kappa shape index (κ3) is 3.23. The van der Waals surface area contributed by atoms with Crippen LogP contribution in [-0.4, -0.2) is 28.2 Å². The van der Waals surface area contributed by atoms with Gasteiger partial charge in [0.2, 0.25) is 11.8 Å². The SMILES string of the molecule is Cc1cc(-c2ccc3c(c2)COc2nc(OC4C[C@H]5CC[C@@H](C4)N5)ccc2-3)ccn1. The summed E-state index contributed by atoms with van der Waals surface area (Å²) < 4.78 is 12.3. The van der Waals surface area contributed by atoms with Crippen LogP contribution in [0.25, 0.3) is 22.3 Å². The first-order valence-corrected chi connectivity index (χ1v) is 10.8. The zero-order valence-electron chi connectivity index (χ0n) is 17.1. The summed E-state index contributed by atoms with van der Waals surface area (Å²) in [6, 6.07) is 16.0. The fraction of sp³-hybridized carbons (Fsp3) is 0.360. The lowest BCUT2D eigenvalue weighted by Gasteiger charge is -2.29. The molecule has 5 heteroatoms. The molecule has 1 N–H and O–H groups in total. The predicted octanol–water partition coefficient (Wildman–Crippen LogP) is 4.67. The highest BCUT2D eigenvalue weighted by atomic mass is 16.5. The molecule has 0 aliphatic carbocycles. The van der Waals surface area contributed by atoms with E-state index < -0.39 is 0 Å². The Balaban J connectivity index is 1.26. The van der Waals surface area contributed by atoms with Gasteiger partial charge in [0.1, 0.15) is 12.7 Å². The van der Waals surface area contributed by atoms with Crippen molar-refractivity contribution in [3.05, 3.63) is 59.9 Å². The molecule has 0 radical (unpaired) electrons. The standard InChI is InChI=1S/C25H25N3O2/c1-15-10-17(8-9-26-15)16-2-5-22-18(11-16)14-29-25-23(22)6-7-24(28-25)30-21-12-19-3-4-20(13-21)27-19/h2,5-11,19-21,27H,3-4,12-14H2,1H3/t19-,20+,21?. The maximum Gasteiger partial charge on any atom is 0.225 e. The van der Waals surface area contributed by atoms with Gasteiger partial charge in [0.05, 0.1) is 0 Å². The van der Waals surface area contributed by atoms with E-state index in [1.165, 1.54) is 35.1 Å². The van der Waals surface area contributed by atoms with Gasteiger partial charge < -0.3 is 14.8 Å². The highest BCUT2D eigenvalue weighted by Crippen LogP contribution is 2.39. The van der Waals surface area contributed by atoms with Gasteiger partial charge in [-0.05, 0) is 79.1 Å². The van der Waals surface area contributed by atoms with Crippen molar-refractivity contribution in [3.63, 3.8) is 0 Å². The van der Waals surface area contributed by atoms with Crippen molar-refractivity contribution in [3.8, 4) is 34.0 Å². The minimum Gasteiger partial charge on any atom is -0.474 e. The van der Waals surface area contributed by atoms with Crippen LogP contribution < -0.4 is 14.8 Å². The third-order valence-corrected chi connectivity index (χ3v) is 6.54. The quantitative estimate of drug-likeness (QED) is 0.693. The molecule has 152 valence electrons. The third-order valence-electron chi connectivity index (χ3n) is 6.54. The first-order chi connectivity index (χ1) is 14.7. The molecule has 3 aromatic rings. The topological polar surface area (TPSA) is 56.3 Å². The number of ether oxygens (including phenoxy) is 2. The van der Waals surface area contributed by atoms with Gasteiger partial charge >= 0.3 is 0 Å². The molecular formula is C25H25N3O2. The number of aryl methyl sites for hydroxylation is 1. The summed E-state index contributed by atoms with van der Waals surface area (Å²) in [5, 5.41) is 3.66. The van der Waals surface area contributed by atoms with E-state index in [0.29, 0.717) is 30.5 Å². The lowest BCUT2D eigenvalue weighted by molar-refractivity contribution is 0.130. The number of benzene rings is 1. The molecule has 0 amide bonds. The fourth-order valence-electron chi connectivity index (χ4n) is 5.10. The predicted molar refractivity (Wildman–Crippen MR) is 116 cm³/mol. The molecule has 5 heterocycles. The molecule has 3 aliphatic rings. The Morgan fingerprint density at radius 2 is 1.77 bits per heavy atom. The average molecular weight is 399 g/mol. The minimum atomic E-state index is 0.247. The Bertz CT molecular complexity index is 1100. The average Bonchev–Trinajstić information content (AvgIpc) is 3.11. The summed E-state index contributed by atoms with van der Waals surface area (Å²) in [6.07, 6.45) is 6.77. The second kappa shape index (κ2) is 7.10. The molecule has 3 atom stereocenters. The van der Waals surface area contributed by atoms with Crippen LogP contribution in [0.5, 0.6) is 11.8 Å². The number of rotatable bonds is 3. The first-order valence-electron chi connectivity index (χ1n) is 10.8. The Kier molecular flexibility index (Phi) is 4.23. The highest BCUT2D eigenvalue weighted by molar-refractivity contribution is 5.77. The van der Waals surface area contributed by atoms with Crippen LogP contribution in [0, 0.1) is 6.92 Å². The first kappa shape index (κ1) is 17.9. The second-order valence-electron chi connectivity index (χ2n) is 8.70. The smallest absolute Gasteiger partial charge is 0.225 e. The summed E-state index contributed by atoms with van der Waals surface area (Å²) in [6.45, 7) is 2.54. The Labute approximate surface area is 176 Å². The number of hydrogen-bond acceptors (Lipinski definition) is 5. The maximum atomic E-state index is 6.24. The van der Waals surface area contributed by atoms with Gasteiger partial charge in [0.15, 0.2) is 0 Å². The second-order valence-corrected chi connectivity index (χ2v) is 8.70. The normalized spacial score (nSPS) is 24.0. The highest BCUT2D eigenvalue weighted by Gasteiger charge is 2.34. The molecule has 2 aromatic heterocycles. The van der Waals surface area contributed by atoms with E-state index in [0.717, 1.165) is 24.1 Å². The number of pyridine rings is 2. The summed E-state index contributed by atoms with van der Waals surface area (Å²) in [5.74, 6) is 1.34. The fourth-order valence-corrected chi connectivity index (χ4v) is 5.10. The summed E-state index contributed by atoms with van der Waals surface area (Å²) in [4.78, 5) is 8.99. The van der Waals surface area contributed by atoms with Crippen molar-refractivity contribution >= 4 is 0 Å². The van der Waals surface area contributed by atoms with Crippen LogP contribution in [0.1, 0.15) is 36.9 Å². The van der Waals surface area contributed by atoms with Crippen molar-refractivity contribution in [2.24, 2.45) is 0 Å². The van der Waals surface area contributed by atoms with E-state index in [-0.39, 0.29) is 6.10 Å². The van der Waals surface area contributed by atoms with Gasteiger partial charge in [-0.25, -0.2) is 0 Å². The molecule has 2 bridgehead atoms. The van der Waals surface area contributed by atoms with Crippen LogP contribution in [0.2, 0.25) is 0 Å². The lowest BCUT2D eigenvalue weighted by Crippen LogP contribution is -2.42. The van der Waals surface area contributed by atoms with Crippen molar-refractivity contribution in [1.29, 1.82) is 0 Å². The number of nitrogens with one attached hydrogen (secondary N) is 1. The van der Waals surface area contributed by atoms with E-state index in [1.807, 2.05) is 25.3 Å². The molecule has 2 saturated heterocycles. The van der Waals surface area contributed by atoms with Crippen LogP contribution in [0.4, 0.5) is 0 Å². The van der Waals surface area contributed by atoms with Gasteiger partial charge in [-0.1, -0.05) is 12.1 Å². The van der Waals surface area contributed by atoms with Crippen LogP contribution in [-0.2, 0) is 6.61 Å².